The summed E-state index contributed by atoms with van der Waals surface area (Å²) in [6.07, 6.45) is 10.0. The van der Waals surface area contributed by atoms with Crippen molar-refractivity contribution in [1.82, 2.24) is 0 Å². The van der Waals surface area contributed by atoms with Crippen LogP contribution in [0, 0.1) is 6.92 Å². The highest BCUT2D eigenvalue weighted by Gasteiger charge is 2.04. The number of aromatic nitrogens is 1. The van der Waals surface area contributed by atoms with E-state index < -0.39 is 0 Å². The first-order chi connectivity index (χ1) is 6.77. The molecule has 1 nitrogen and oxygen atoms in total. The number of aryl methyl sites for hydroxylation is 2. The normalized spacial score (nSPS) is 11.1. The Morgan fingerprint density at radius 3 is 2.71 bits per heavy atom. The minimum absolute atomic E-state index is 1.08. The number of allylic oxidation sites excluding steroid dienone is 1. The molecule has 0 unspecified atom stereocenters. The van der Waals surface area contributed by atoms with E-state index in [9.17, 15) is 0 Å². The van der Waals surface area contributed by atoms with Crippen LogP contribution in [0.2, 0.25) is 0 Å². The van der Waals surface area contributed by atoms with Crippen LogP contribution >= 0.6 is 0 Å². The summed E-state index contributed by atoms with van der Waals surface area (Å²) in [6, 6.07) is 4.37. The van der Waals surface area contributed by atoms with E-state index in [4.69, 9.17) is 0 Å². The van der Waals surface area contributed by atoms with Gasteiger partial charge in [0, 0.05) is 18.1 Å². The van der Waals surface area contributed by atoms with E-state index in [0.29, 0.717) is 0 Å². The molecule has 0 N–H and O–H groups in total. The number of rotatable bonds is 4. The molecular formula is C13H20N+. The zero-order valence-corrected chi connectivity index (χ0v) is 9.46. The third-order valence-corrected chi connectivity index (χ3v) is 2.30. The Bertz CT molecular complexity index is 313. The molecule has 0 saturated carbocycles. The quantitative estimate of drug-likeness (QED) is 0.642. The minimum atomic E-state index is 1.08. The smallest absolute Gasteiger partial charge is 0.171 e. The van der Waals surface area contributed by atoms with Crippen molar-refractivity contribution in [2.45, 2.75) is 40.0 Å². The summed E-state index contributed by atoms with van der Waals surface area (Å²) in [5, 5.41) is 0. The predicted molar refractivity (Wildman–Crippen MR) is 61.0 cm³/mol. The molecule has 1 aromatic rings. The van der Waals surface area contributed by atoms with E-state index in [1.54, 1.807) is 0 Å². The maximum atomic E-state index is 2.23. The Balaban J connectivity index is 2.87. The van der Waals surface area contributed by atoms with Crippen molar-refractivity contribution in [3.05, 3.63) is 35.7 Å². The highest BCUT2D eigenvalue weighted by atomic mass is 14.9. The fourth-order valence-electron chi connectivity index (χ4n) is 1.45. The van der Waals surface area contributed by atoms with Crippen molar-refractivity contribution in [2.24, 2.45) is 0 Å². The molecule has 0 aliphatic heterocycles. The van der Waals surface area contributed by atoms with Crippen LogP contribution in [-0.2, 0) is 6.42 Å². The van der Waals surface area contributed by atoms with Crippen molar-refractivity contribution in [3.63, 3.8) is 0 Å². The molecule has 0 radical (unpaired) electrons. The fourth-order valence-corrected chi connectivity index (χ4v) is 1.45. The van der Waals surface area contributed by atoms with Crippen LogP contribution in [0.1, 0.15) is 37.9 Å². The Morgan fingerprint density at radius 1 is 1.29 bits per heavy atom. The van der Waals surface area contributed by atoms with Gasteiger partial charge in [-0.25, -0.2) is 0 Å². The Kier molecular flexibility index (Phi) is 4.37. The highest BCUT2D eigenvalue weighted by molar-refractivity contribution is 5.13. The van der Waals surface area contributed by atoms with E-state index in [-0.39, 0.29) is 0 Å². The van der Waals surface area contributed by atoms with Crippen LogP contribution < -0.4 is 4.57 Å². The highest BCUT2D eigenvalue weighted by Crippen LogP contribution is 1.98. The first kappa shape index (κ1) is 11.0. The topological polar surface area (TPSA) is 3.88 Å². The summed E-state index contributed by atoms with van der Waals surface area (Å²) in [4.78, 5) is 0. The minimum Gasteiger partial charge on any atom is -0.171 e. The lowest BCUT2D eigenvalue weighted by Crippen LogP contribution is -2.31. The van der Waals surface area contributed by atoms with E-state index >= 15 is 0 Å². The summed E-state index contributed by atoms with van der Waals surface area (Å²) in [6.45, 7) is 6.52. The van der Waals surface area contributed by atoms with Crippen LogP contribution in [0.25, 0.3) is 6.20 Å². The molecule has 1 rings (SSSR count). The molecule has 1 heterocycles. The second-order valence-electron chi connectivity index (χ2n) is 3.63. The molecule has 0 bridgehead atoms. The maximum absolute atomic E-state index is 2.23. The molecule has 0 fully saturated rings. The van der Waals surface area contributed by atoms with Crippen molar-refractivity contribution < 1.29 is 4.57 Å². The molecule has 0 aliphatic rings. The van der Waals surface area contributed by atoms with Gasteiger partial charge in [-0.15, -0.1) is 0 Å². The van der Waals surface area contributed by atoms with Crippen LogP contribution in [0.15, 0.2) is 24.4 Å². The van der Waals surface area contributed by atoms with Crippen LogP contribution in [0.3, 0.4) is 0 Å². The molecule has 14 heavy (non-hydrogen) atoms. The van der Waals surface area contributed by atoms with Gasteiger partial charge < -0.3 is 0 Å². The predicted octanol–water partition coefficient (Wildman–Crippen LogP) is 3.12. The van der Waals surface area contributed by atoms with Crippen molar-refractivity contribution in [2.75, 3.05) is 0 Å². The molecule has 0 aliphatic carbocycles. The molecule has 0 aromatic carbocycles. The molecule has 76 valence electrons. The zero-order chi connectivity index (χ0) is 10.4. The standard InChI is InChI=1S/C13H20N/c1-4-6-7-10-14-11-12(3)8-9-13(14)5-2/h7-11H,4-6H2,1-3H3/q+1/b10-7-. The number of unbranched alkanes of at least 4 members (excludes halogenated alkanes) is 1. The Hall–Kier alpha value is -1.11. The fraction of sp³-hybridized carbons (Fsp3) is 0.462. The van der Waals surface area contributed by atoms with Gasteiger partial charge in [-0.3, -0.25) is 0 Å². The number of hydrogen-bond acceptors (Lipinski definition) is 0. The summed E-state index contributed by atoms with van der Waals surface area (Å²) in [5.74, 6) is 0. The van der Waals surface area contributed by atoms with Gasteiger partial charge in [-0.2, -0.15) is 4.57 Å². The van der Waals surface area contributed by atoms with Gasteiger partial charge in [-0.05, 0) is 25.5 Å². The van der Waals surface area contributed by atoms with Gasteiger partial charge in [0.15, 0.2) is 18.1 Å². The largest absolute Gasteiger partial charge is 0.186 e. The molecule has 0 saturated heterocycles. The van der Waals surface area contributed by atoms with Gasteiger partial charge in [0.25, 0.3) is 0 Å². The van der Waals surface area contributed by atoms with Gasteiger partial charge in [0.2, 0.25) is 0 Å². The zero-order valence-electron chi connectivity index (χ0n) is 9.46. The molecule has 0 atom stereocenters. The lowest BCUT2D eigenvalue weighted by atomic mass is 10.2. The SMILES string of the molecule is CCC/C=C\[n+]1cc(C)ccc1CC. The van der Waals surface area contributed by atoms with Crippen molar-refractivity contribution >= 4 is 6.20 Å². The van der Waals surface area contributed by atoms with E-state index in [2.05, 4.69) is 55.9 Å². The first-order valence-corrected chi connectivity index (χ1v) is 5.45. The van der Waals surface area contributed by atoms with Crippen LogP contribution in [0.4, 0.5) is 0 Å². The lowest BCUT2D eigenvalue weighted by molar-refractivity contribution is -0.577. The monoisotopic (exact) mass is 190 g/mol. The molecular weight excluding hydrogens is 170 g/mol. The summed E-state index contributed by atoms with van der Waals surface area (Å²) >= 11 is 0. The number of pyridine rings is 1. The van der Waals surface area contributed by atoms with Crippen molar-refractivity contribution in [3.8, 4) is 0 Å². The number of nitrogens with zero attached hydrogens (tertiary/aromatic N) is 1. The van der Waals surface area contributed by atoms with E-state index in [1.807, 2.05) is 0 Å². The Labute approximate surface area is 87.1 Å². The lowest BCUT2D eigenvalue weighted by Gasteiger charge is -1.97. The second kappa shape index (κ2) is 5.58. The molecule has 1 heteroatoms. The number of hydrogen-bond donors (Lipinski definition) is 0. The third-order valence-electron chi connectivity index (χ3n) is 2.30. The summed E-state index contributed by atoms with van der Waals surface area (Å²) in [5.41, 5.74) is 2.67. The molecule has 0 spiro atoms. The van der Waals surface area contributed by atoms with Gasteiger partial charge >= 0.3 is 0 Å². The first-order valence-electron chi connectivity index (χ1n) is 5.45. The molecule has 0 amide bonds. The van der Waals surface area contributed by atoms with E-state index in [1.165, 1.54) is 17.7 Å². The second-order valence-corrected chi connectivity index (χ2v) is 3.63. The average Bonchev–Trinajstić information content (AvgIpc) is 2.19. The van der Waals surface area contributed by atoms with E-state index in [0.717, 1.165) is 12.8 Å². The van der Waals surface area contributed by atoms with Crippen LogP contribution in [-0.4, -0.2) is 0 Å². The summed E-state index contributed by atoms with van der Waals surface area (Å²) < 4.78 is 2.23. The third kappa shape index (κ3) is 2.99. The maximum Gasteiger partial charge on any atom is 0.186 e. The van der Waals surface area contributed by atoms with Crippen molar-refractivity contribution in [1.29, 1.82) is 0 Å². The Morgan fingerprint density at radius 2 is 2.07 bits per heavy atom. The average molecular weight is 190 g/mol. The van der Waals surface area contributed by atoms with Crippen LogP contribution in [0.5, 0.6) is 0 Å². The van der Waals surface area contributed by atoms with Gasteiger partial charge in [0.05, 0.1) is 0 Å². The van der Waals surface area contributed by atoms with Gasteiger partial charge in [0.1, 0.15) is 0 Å². The molecule has 1 aromatic heterocycles. The van der Waals surface area contributed by atoms with Gasteiger partial charge in [-0.1, -0.05) is 20.3 Å². The summed E-state index contributed by atoms with van der Waals surface area (Å²) in [7, 11) is 0.